The molecular formula is C13H14BrClN2S. The van der Waals surface area contributed by atoms with Crippen molar-refractivity contribution in [2.75, 3.05) is 5.73 Å². The summed E-state index contributed by atoms with van der Waals surface area (Å²) in [5.74, 6) is 0. The summed E-state index contributed by atoms with van der Waals surface area (Å²) >= 11 is 11.2. The molecule has 0 fully saturated rings. The second-order valence-corrected chi connectivity index (χ2v) is 7.46. The van der Waals surface area contributed by atoms with Crippen LogP contribution < -0.4 is 5.73 Å². The van der Waals surface area contributed by atoms with Gasteiger partial charge in [-0.1, -0.05) is 54.4 Å². The average Bonchev–Trinajstić information content (AvgIpc) is 2.60. The minimum atomic E-state index is -0.00111. The number of thiazole rings is 1. The van der Waals surface area contributed by atoms with Crippen LogP contribution in [0.15, 0.2) is 22.7 Å². The molecule has 0 spiro atoms. The van der Waals surface area contributed by atoms with E-state index in [-0.39, 0.29) is 5.41 Å². The fourth-order valence-corrected chi connectivity index (χ4v) is 3.19. The van der Waals surface area contributed by atoms with Crippen molar-refractivity contribution in [1.82, 2.24) is 4.98 Å². The van der Waals surface area contributed by atoms with Gasteiger partial charge in [0.1, 0.15) is 15.7 Å². The van der Waals surface area contributed by atoms with E-state index in [0.717, 1.165) is 20.7 Å². The molecule has 0 aliphatic carbocycles. The molecule has 5 heteroatoms. The van der Waals surface area contributed by atoms with Crippen LogP contribution >= 0.6 is 38.9 Å². The lowest BCUT2D eigenvalue weighted by atomic mass is 9.98. The Morgan fingerprint density at radius 2 is 2.00 bits per heavy atom. The molecule has 0 atom stereocenters. The molecule has 1 aromatic carbocycles. The highest BCUT2D eigenvalue weighted by Gasteiger charge is 2.22. The van der Waals surface area contributed by atoms with Crippen LogP contribution in [0.2, 0.25) is 5.02 Å². The number of anilines is 1. The Hall–Kier alpha value is -0.580. The summed E-state index contributed by atoms with van der Waals surface area (Å²) in [6.07, 6.45) is 0. The van der Waals surface area contributed by atoms with E-state index >= 15 is 0 Å². The highest BCUT2D eigenvalue weighted by Crippen LogP contribution is 2.39. The van der Waals surface area contributed by atoms with Crippen LogP contribution in [0.5, 0.6) is 0 Å². The Morgan fingerprint density at radius 1 is 1.33 bits per heavy atom. The van der Waals surface area contributed by atoms with E-state index in [4.69, 9.17) is 17.3 Å². The third-order valence-corrected chi connectivity index (χ3v) is 4.60. The SMILES string of the molecule is CC(C)(C)c1nc(-c2ccc(Br)cc2Cl)c(N)s1. The summed E-state index contributed by atoms with van der Waals surface area (Å²) in [7, 11) is 0. The fraction of sp³-hybridized carbons (Fsp3) is 0.308. The molecular weight excluding hydrogens is 332 g/mol. The van der Waals surface area contributed by atoms with Gasteiger partial charge in [-0.2, -0.15) is 0 Å². The Kier molecular flexibility index (Phi) is 3.72. The first kappa shape index (κ1) is 13.8. The zero-order chi connectivity index (χ0) is 13.5. The minimum Gasteiger partial charge on any atom is -0.389 e. The van der Waals surface area contributed by atoms with E-state index in [1.165, 1.54) is 11.3 Å². The molecule has 0 bridgehead atoms. The van der Waals surface area contributed by atoms with E-state index in [1.54, 1.807) is 0 Å². The number of rotatable bonds is 1. The number of nitrogens with zero attached hydrogens (tertiary/aromatic N) is 1. The Labute approximate surface area is 124 Å². The molecule has 96 valence electrons. The molecule has 0 aliphatic rings. The van der Waals surface area contributed by atoms with Crippen molar-refractivity contribution in [1.29, 1.82) is 0 Å². The summed E-state index contributed by atoms with van der Waals surface area (Å²) in [5, 5.41) is 2.39. The van der Waals surface area contributed by atoms with Gasteiger partial charge in [0.25, 0.3) is 0 Å². The number of hydrogen-bond acceptors (Lipinski definition) is 3. The van der Waals surface area contributed by atoms with Gasteiger partial charge in [0, 0.05) is 15.5 Å². The maximum atomic E-state index is 6.24. The summed E-state index contributed by atoms with van der Waals surface area (Å²) in [6, 6.07) is 5.73. The predicted octanol–water partition coefficient (Wildman–Crippen LogP) is 5.11. The molecule has 0 aliphatic heterocycles. The highest BCUT2D eigenvalue weighted by molar-refractivity contribution is 9.10. The number of nitrogens with two attached hydrogens (primary N) is 1. The maximum absolute atomic E-state index is 6.24. The highest BCUT2D eigenvalue weighted by atomic mass is 79.9. The van der Waals surface area contributed by atoms with Gasteiger partial charge in [0.05, 0.1) is 5.02 Å². The zero-order valence-corrected chi connectivity index (χ0v) is 13.6. The number of hydrogen-bond donors (Lipinski definition) is 1. The number of aromatic nitrogens is 1. The third-order valence-electron chi connectivity index (χ3n) is 2.48. The van der Waals surface area contributed by atoms with E-state index in [0.29, 0.717) is 10.0 Å². The minimum absolute atomic E-state index is 0.00111. The molecule has 1 heterocycles. The van der Waals surface area contributed by atoms with Crippen molar-refractivity contribution in [3.63, 3.8) is 0 Å². The Morgan fingerprint density at radius 3 is 2.50 bits per heavy atom. The lowest BCUT2D eigenvalue weighted by Crippen LogP contribution is -2.10. The zero-order valence-electron chi connectivity index (χ0n) is 10.4. The predicted molar refractivity (Wildman–Crippen MR) is 83.4 cm³/mol. The molecule has 2 N–H and O–H groups in total. The molecule has 2 aromatic rings. The lowest BCUT2D eigenvalue weighted by Gasteiger charge is -2.13. The van der Waals surface area contributed by atoms with Gasteiger partial charge < -0.3 is 5.73 Å². The van der Waals surface area contributed by atoms with Gasteiger partial charge in [0.15, 0.2) is 0 Å². The van der Waals surface area contributed by atoms with Gasteiger partial charge in [-0.25, -0.2) is 4.98 Å². The van der Waals surface area contributed by atoms with Crippen molar-refractivity contribution in [3.05, 3.63) is 32.7 Å². The molecule has 0 unspecified atom stereocenters. The van der Waals surface area contributed by atoms with Crippen LogP contribution in [0.3, 0.4) is 0 Å². The molecule has 1 aromatic heterocycles. The topological polar surface area (TPSA) is 38.9 Å². The normalized spacial score (nSPS) is 11.8. The van der Waals surface area contributed by atoms with Crippen LogP contribution in [0.25, 0.3) is 11.3 Å². The molecule has 0 amide bonds. The van der Waals surface area contributed by atoms with Gasteiger partial charge in [-0.15, -0.1) is 11.3 Å². The summed E-state index contributed by atoms with van der Waals surface area (Å²) in [6.45, 7) is 6.37. The molecule has 0 radical (unpaired) electrons. The number of halogens is 2. The largest absolute Gasteiger partial charge is 0.389 e. The quantitative estimate of drug-likeness (QED) is 0.780. The van der Waals surface area contributed by atoms with Crippen LogP contribution in [-0.2, 0) is 5.41 Å². The lowest BCUT2D eigenvalue weighted by molar-refractivity contribution is 0.586. The summed E-state index contributed by atoms with van der Waals surface area (Å²) in [5.41, 5.74) is 7.72. The van der Waals surface area contributed by atoms with Gasteiger partial charge in [-0.3, -0.25) is 0 Å². The smallest absolute Gasteiger partial charge is 0.114 e. The van der Waals surface area contributed by atoms with Crippen LogP contribution in [0.1, 0.15) is 25.8 Å². The van der Waals surface area contributed by atoms with Crippen LogP contribution in [0.4, 0.5) is 5.00 Å². The second-order valence-electron chi connectivity index (χ2n) is 5.11. The molecule has 0 saturated heterocycles. The van der Waals surface area contributed by atoms with E-state index in [1.807, 2.05) is 18.2 Å². The van der Waals surface area contributed by atoms with Crippen molar-refractivity contribution >= 4 is 43.9 Å². The monoisotopic (exact) mass is 344 g/mol. The van der Waals surface area contributed by atoms with Crippen molar-refractivity contribution in [3.8, 4) is 11.3 Å². The first-order valence-electron chi connectivity index (χ1n) is 5.51. The standard InChI is InChI=1S/C13H14BrClN2S/c1-13(2,3)12-17-10(11(16)18-12)8-5-4-7(14)6-9(8)15/h4-6H,16H2,1-3H3. The van der Waals surface area contributed by atoms with Gasteiger partial charge in [0.2, 0.25) is 0 Å². The number of nitrogen functional groups attached to an aromatic ring is 1. The van der Waals surface area contributed by atoms with Crippen LogP contribution in [0, 0.1) is 0 Å². The van der Waals surface area contributed by atoms with Crippen molar-refractivity contribution < 1.29 is 0 Å². The van der Waals surface area contributed by atoms with Crippen LogP contribution in [-0.4, -0.2) is 4.98 Å². The van der Waals surface area contributed by atoms with Crippen molar-refractivity contribution in [2.45, 2.75) is 26.2 Å². The second kappa shape index (κ2) is 4.83. The summed E-state index contributed by atoms with van der Waals surface area (Å²) < 4.78 is 0.945. The average molecular weight is 346 g/mol. The molecule has 0 saturated carbocycles. The van der Waals surface area contributed by atoms with E-state index < -0.39 is 0 Å². The first-order valence-corrected chi connectivity index (χ1v) is 7.50. The van der Waals surface area contributed by atoms with E-state index in [2.05, 4.69) is 41.7 Å². The Bertz CT molecular complexity index is 587. The summed E-state index contributed by atoms with van der Waals surface area (Å²) in [4.78, 5) is 4.64. The third kappa shape index (κ3) is 2.71. The molecule has 2 nitrogen and oxygen atoms in total. The van der Waals surface area contributed by atoms with Crippen molar-refractivity contribution in [2.24, 2.45) is 0 Å². The maximum Gasteiger partial charge on any atom is 0.114 e. The van der Waals surface area contributed by atoms with Gasteiger partial charge in [-0.05, 0) is 12.1 Å². The Balaban J connectivity index is 2.55. The molecule has 2 rings (SSSR count). The van der Waals surface area contributed by atoms with Gasteiger partial charge >= 0.3 is 0 Å². The molecule has 18 heavy (non-hydrogen) atoms. The number of benzene rings is 1. The fourth-order valence-electron chi connectivity index (χ4n) is 1.53. The van der Waals surface area contributed by atoms with E-state index in [9.17, 15) is 0 Å². The first-order chi connectivity index (χ1) is 8.29.